The van der Waals surface area contributed by atoms with Crippen LogP contribution >= 0.6 is 0 Å². The molecule has 0 unspecified atom stereocenters. The first-order valence-corrected chi connectivity index (χ1v) is 5.47. The summed E-state index contributed by atoms with van der Waals surface area (Å²) in [5, 5.41) is 8.68. The first kappa shape index (κ1) is 13.0. The number of benzene rings is 2. The topological polar surface area (TPSA) is 46.5 Å². The minimum atomic E-state index is -1.33. The molecule has 2 aromatic carbocycles. The van der Waals surface area contributed by atoms with Crippen LogP contribution < -0.4 is 4.74 Å². The first-order valence-electron chi connectivity index (χ1n) is 5.47. The number of aromatic carboxylic acids is 1. The summed E-state index contributed by atoms with van der Waals surface area (Å²) in [6, 6.07) is 9.49. The van der Waals surface area contributed by atoms with Gasteiger partial charge in [0, 0.05) is 0 Å². The van der Waals surface area contributed by atoms with Crippen molar-refractivity contribution in [1.82, 2.24) is 0 Å². The Hall–Kier alpha value is -2.43. The van der Waals surface area contributed by atoms with Gasteiger partial charge in [-0.2, -0.15) is 0 Å². The molecule has 0 aliphatic heterocycles. The van der Waals surface area contributed by atoms with Crippen LogP contribution in [0.3, 0.4) is 0 Å². The molecule has 0 saturated heterocycles. The van der Waals surface area contributed by atoms with Crippen molar-refractivity contribution in [2.45, 2.75) is 6.61 Å². The number of halogens is 2. The predicted molar refractivity (Wildman–Crippen MR) is 64.1 cm³/mol. The minimum absolute atomic E-state index is 0.0439. The summed E-state index contributed by atoms with van der Waals surface area (Å²) in [7, 11) is 0. The molecule has 0 aliphatic rings. The molecular weight excluding hydrogens is 254 g/mol. The normalized spacial score (nSPS) is 10.2. The molecule has 0 bridgehead atoms. The average molecular weight is 264 g/mol. The van der Waals surface area contributed by atoms with E-state index in [0.717, 1.165) is 12.1 Å². The molecule has 2 aromatic rings. The van der Waals surface area contributed by atoms with Gasteiger partial charge in [0.25, 0.3) is 0 Å². The maximum absolute atomic E-state index is 13.4. The largest absolute Gasteiger partial charge is 0.486 e. The Balaban J connectivity index is 2.11. The average Bonchev–Trinajstić information content (AvgIpc) is 2.37. The van der Waals surface area contributed by atoms with Crippen LogP contribution in [0.5, 0.6) is 5.75 Å². The molecule has 0 radical (unpaired) electrons. The lowest BCUT2D eigenvalue weighted by atomic mass is 10.1. The second kappa shape index (κ2) is 5.48. The van der Waals surface area contributed by atoms with Gasteiger partial charge in [-0.1, -0.05) is 18.2 Å². The Morgan fingerprint density at radius 3 is 2.47 bits per heavy atom. The number of rotatable bonds is 4. The molecule has 5 heteroatoms. The number of carboxylic acid groups (broad SMARTS) is 1. The Morgan fingerprint density at radius 1 is 1.11 bits per heavy atom. The fourth-order valence-electron chi connectivity index (χ4n) is 1.54. The van der Waals surface area contributed by atoms with E-state index in [1.165, 1.54) is 24.3 Å². The summed E-state index contributed by atoms with van der Waals surface area (Å²) in [6.45, 7) is -0.0439. The van der Waals surface area contributed by atoms with Gasteiger partial charge < -0.3 is 9.84 Å². The van der Waals surface area contributed by atoms with E-state index in [4.69, 9.17) is 9.84 Å². The van der Waals surface area contributed by atoms with Crippen LogP contribution in [0.25, 0.3) is 0 Å². The Labute approximate surface area is 108 Å². The van der Waals surface area contributed by atoms with Crippen LogP contribution in [-0.2, 0) is 6.61 Å². The second-order valence-corrected chi connectivity index (χ2v) is 3.84. The summed E-state index contributed by atoms with van der Waals surface area (Å²) in [4.78, 5) is 10.6. The van der Waals surface area contributed by atoms with E-state index < -0.39 is 23.2 Å². The van der Waals surface area contributed by atoms with Crippen molar-refractivity contribution >= 4 is 5.97 Å². The Morgan fingerprint density at radius 2 is 1.84 bits per heavy atom. The van der Waals surface area contributed by atoms with E-state index in [-0.39, 0.29) is 12.4 Å². The quantitative estimate of drug-likeness (QED) is 0.922. The SMILES string of the molecule is O=C(O)c1ccc(COc2ccccc2F)cc1F. The van der Waals surface area contributed by atoms with Crippen LogP contribution in [0.2, 0.25) is 0 Å². The lowest BCUT2D eigenvalue weighted by molar-refractivity contribution is 0.0692. The van der Waals surface area contributed by atoms with E-state index in [1.807, 2.05) is 0 Å². The molecule has 2 rings (SSSR count). The van der Waals surface area contributed by atoms with Gasteiger partial charge in [-0.3, -0.25) is 0 Å². The van der Waals surface area contributed by atoms with Crippen LogP contribution in [-0.4, -0.2) is 11.1 Å². The van der Waals surface area contributed by atoms with E-state index >= 15 is 0 Å². The van der Waals surface area contributed by atoms with Gasteiger partial charge in [-0.05, 0) is 29.8 Å². The van der Waals surface area contributed by atoms with Crippen LogP contribution in [0.1, 0.15) is 15.9 Å². The lowest BCUT2D eigenvalue weighted by Crippen LogP contribution is -2.03. The van der Waals surface area contributed by atoms with Gasteiger partial charge in [0.1, 0.15) is 12.4 Å². The molecule has 3 nitrogen and oxygen atoms in total. The minimum Gasteiger partial charge on any atom is -0.486 e. The summed E-state index contributed by atoms with van der Waals surface area (Å²) >= 11 is 0. The van der Waals surface area contributed by atoms with Gasteiger partial charge in [-0.25, -0.2) is 13.6 Å². The number of hydrogen-bond acceptors (Lipinski definition) is 2. The third-order valence-electron chi connectivity index (χ3n) is 2.49. The zero-order valence-corrected chi connectivity index (χ0v) is 9.77. The van der Waals surface area contributed by atoms with Crippen LogP contribution in [0.4, 0.5) is 8.78 Å². The molecule has 0 saturated carbocycles. The van der Waals surface area contributed by atoms with Crippen molar-refractivity contribution in [3.8, 4) is 5.75 Å². The van der Waals surface area contributed by atoms with Crippen molar-refractivity contribution in [3.63, 3.8) is 0 Å². The fraction of sp³-hybridized carbons (Fsp3) is 0.0714. The highest BCUT2D eigenvalue weighted by molar-refractivity contribution is 5.87. The van der Waals surface area contributed by atoms with Crippen molar-refractivity contribution < 1.29 is 23.4 Å². The summed E-state index contributed by atoms with van der Waals surface area (Å²) in [5.74, 6) is -2.63. The number of hydrogen-bond donors (Lipinski definition) is 1. The molecule has 0 atom stereocenters. The van der Waals surface area contributed by atoms with Crippen molar-refractivity contribution in [2.24, 2.45) is 0 Å². The summed E-state index contributed by atoms with van der Waals surface area (Å²) in [6.07, 6.45) is 0. The molecule has 0 heterocycles. The number of para-hydroxylation sites is 1. The second-order valence-electron chi connectivity index (χ2n) is 3.84. The van der Waals surface area contributed by atoms with Gasteiger partial charge in [0.2, 0.25) is 0 Å². The van der Waals surface area contributed by atoms with E-state index in [1.54, 1.807) is 6.07 Å². The fourth-order valence-corrected chi connectivity index (χ4v) is 1.54. The maximum atomic E-state index is 13.4. The Bertz CT molecular complexity index is 611. The third-order valence-corrected chi connectivity index (χ3v) is 2.49. The van der Waals surface area contributed by atoms with Crippen molar-refractivity contribution in [1.29, 1.82) is 0 Å². The standard InChI is InChI=1S/C14H10F2O3/c15-11-3-1-2-4-13(11)19-8-9-5-6-10(14(17)18)12(16)7-9/h1-7H,8H2,(H,17,18). The summed E-state index contributed by atoms with van der Waals surface area (Å²) in [5.41, 5.74) is 0.0143. The summed E-state index contributed by atoms with van der Waals surface area (Å²) < 4.78 is 31.8. The first-order chi connectivity index (χ1) is 9.08. The molecule has 0 aromatic heterocycles. The maximum Gasteiger partial charge on any atom is 0.338 e. The molecule has 0 aliphatic carbocycles. The molecule has 0 fully saturated rings. The van der Waals surface area contributed by atoms with E-state index in [9.17, 15) is 13.6 Å². The number of ether oxygens (including phenoxy) is 1. The van der Waals surface area contributed by atoms with E-state index in [0.29, 0.717) is 5.56 Å². The van der Waals surface area contributed by atoms with Gasteiger partial charge in [0.05, 0.1) is 5.56 Å². The highest BCUT2D eigenvalue weighted by Gasteiger charge is 2.10. The molecular formula is C14H10F2O3. The van der Waals surface area contributed by atoms with Crippen LogP contribution in [0, 0.1) is 11.6 Å². The zero-order valence-electron chi connectivity index (χ0n) is 9.77. The third kappa shape index (κ3) is 3.07. The smallest absolute Gasteiger partial charge is 0.338 e. The highest BCUT2D eigenvalue weighted by Crippen LogP contribution is 2.18. The molecule has 0 spiro atoms. The molecule has 98 valence electrons. The number of carbonyl (C=O) groups is 1. The highest BCUT2D eigenvalue weighted by atomic mass is 19.1. The van der Waals surface area contributed by atoms with E-state index in [2.05, 4.69) is 0 Å². The van der Waals surface area contributed by atoms with Crippen LogP contribution in [0.15, 0.2) is 42.5 Å². The molecule has 0 amide bonds. The van der Waals surface area contributed by atoms with Crippen molar-refractivity contribution in [2.75, 3.05) is 0 Å². The lowest BCUT2D eigenvalue weighted by Gasteiger charge is -2.07. The predicted octanol–water partition coefficient (Wildman–Crippen LogP) is 3.24. The monoisotopic (exact) mass is 264 g/mol. The van der Waals surface area contributed by atoms with Gasteiger partial charge in [0.15, 0.2) is 11.6 Å². The zero-order chi connectivity index (χ0) is 13.8. The van der Waals surface area contributed by atoms with Gasteiger partial charge in [-0.15, -0.1) is 0 Å². The number of carboxylic acids is 1. The van der Waals surface area contributed by atoms with Gasteiger partial charge >= 0.3 is 5.97 Å². The molecule has 1 N–H and O–H groups in total. The molecule has 19 heavy (non-hydrogen) atoms. The van der Waals surface area contributed by atoms with Crippen molar-refractivity contribution in [3.05, 3.63) is 65.2 Å². The Kier molecular flexibility index (Phi) is 3.75.